The Hall–Kier alpha value is -2.37. The van der Waals surface area contributed by atoms with Crippen molar-refractivity contribution in [3.63, 3.8) is 0 Å². The van der Waals surface area contributed by atoms with Gasteiger partial charge in [-0.25, -0.2) is 0 Å². The van der Waals surface area contributed by atoms with E-state index in [2.05, 4.69) is 28.4 Å². The van der Waals surface area contributed by atoms with Crippen molar-refractivity contribution in [2.24, 2.45) is 0 Å². The molecule has 0 bridgehead atoms. The molecule has 1 amide bonds. The van der Waals surface area contributed by atoms with Gasteiger partial charge in [0.25, 0.3) is 0 Å². The first-order chi connectivity index (χ1) is 12.2. The molecule has 2 aromatic carbocycles. The number of carbonyl (C=O) groups excluding carboxylic acids is 1. The van der Waals surface area contributed by atoms with E-state index in [1.807, 2.05) is 25.1 Å². The molecular formula is C20H24N2O3. The number of nitrogens with zero attached hydrogens (tertiary/aromatic N) is 1. The molecule has 0 aliphatic carbocycles. The summed E-state index contributed by atoms with van der Waals surface area (Å²) in [5.41, 5.74) is 3.43. The van der Waals surface area contributed by atoms with Gasteiger partial charge in [0, 0.05) is 18.8 Å². The van der Waals surface area contributed by atoms with Gasteiger partial charge in [0.15, 0.2) is 0 Å². The van der Waals surface area contributed by atoms with Crippen LogP contribution in [-0.4, -0.2) is 41.7 Å². The van der Waals surface area contributed by atoms with Gasteiger partial charge in [-0.15, -0.1) is 0 Å². The van der Waals surface area contributed by atoms with Crippen molar-refractivity contribution < 1.29 is 14.6 Å². The lowest BCUT2D eigenvalue weighted by Gasteiger charge is -2.32. The molecule has 0 spiro atoms. The Morgan fingerprint density at radius 1 is 1.20 bits per heavy atom. The molecule has 25 heavy (non-hydrogen) atoms. The number of benzene rings is 2. The first-order valence-corrected chi connectivity index (χ1v) is 8.63. The summed E-state index contributed by atoms with van der Waals surface area (Å²) in [6.45, 7) is 3.88. The van der Waals surface area contributed by atoms with Crippen LogP contribution in [0.3, 0.4) is 0 Å². The molecule has 0 saturated carbocycles. The number of rotatable bonds is 6. The van der Waals surface area contributed by atoms with E-state index in [4.69, 9.17) is 9.84 Å². The normalized spacial score (nSPS) is 15.3. The third kappa shape index (κ3) is 4.38. The number of hydrogen-bond donors (Lipinski definition) is 2. The molecule has 0 fully saturated rings. The minimum absolute atomic E-state index is 0.0107. The van der Waals surface area contributed by atoms with Crippen LogP contribution in [0.5, 0.6) is 5.75 Å². The molecular weight excluding hydrogens is 316 g/mol. The van der Waals surface area contributed by atoms with Crippen LogP contribution < -0.4 is 10.1 Å². The van der Waals surface area contributed by atoms with E-state index >= 15 is 0 Å². The van der Waals surface area contributed by atoms with Gasteiger partial charge >= 0.3 is 0 Å². The van der Waals surface area contributed by atoms with Gasteiger partial charge in [-0.1, -0.05) is 24.3 Å². The van der Waals surface area contributed by atoms with E-state index in [0.29, 0.717) is 5.75 Å². The van der Waals surface area contributed by atoms with Crippen LogP contribution in [0, 0.1) is 0 Å². The second-order valence-corrected chi connectivity index (χ2v) is 6.25. The van der Waals surface area contributed by atoms with Crippen molar-refractivity contribution in [3.05, 3.63) is 59.7 Å². The van der Waals surface area contributed by atoms with E-state index < -0.39 is 0 Å². The maximum atomic E-state index is 12.6. The molecule has 132 valence electrons. The highest BCUT2D eigenvalue weighted by Gasteiger charge is 2.25. The third-order valence-electron chi connectivity index (χ3n) is 4.57. The maximum Gasteiger partial charge on any atom is 0.241 e. The minimum atomic E-state index is -0.196. The molecule has 1 unspecified atom stereocenters. The predicted octanol–water partition coefficient (Wildman–Crippen LogP) is 2.44. The first kappa shape index (κ1) is 17.5. The van der Waals surface area contributed by atoms with Gasteiger partial charge in [-0.2, -0.15) is 0 Å². The minimum Gasteiger partial charge on any atom is -0.491 e. The van der Waals surface area contributed by atoms with E-state index in [1.165, 1.54) is 11.1 Å². The molecule has 3 rings (SSSR count). The Kier molecular flexibility index (Phi) is 5.68. The lowest BCUT2D eigenvalue weighted by atomic mass is 9.99. The van der Waals surface area contributed by atoms with Crippen molar-refractivity contribution >= 4 is 11.6 Å². The number of carbonyl (C=O) groups is 1. The zero-order valence-electron chi connectivity index (χ0n) is 14.4. The summed E-state index contributed by atoms with van der Waals surface area (Å²) in [6, 6.07) is 15.4. The Balaban J connectivity index is 1.58. The molecule has 5 heteroatoms. The molecule has 5 nitrogen and oxygen atoms in total. The van der Waals surface area contributed by atoms with Crippen LogP contribution in [0.2, 0.25) is 0 Å². The number of nitrogens with one attached hydrogen (secondary N) is 1. The summed E-state index contributed by atoms with van der Waals surface area (Å²) < 4.78 is 5.32. The van der Waals surface area contributed by atoms with Gasteiger partial charge in [-0.3, -0.25) is 9.69 Å². The van der Waals surface area contributed by atoms with E-state index in [0.717, 1.165) is 25.2 Å². The summed E-state index contributed by atoms with van der Waals surface area (Å²) in [7, 11) is 0. The zero-order chi connectivity index (χ0) is 17.6. The van der Waals surface area contributed by atoms with Crippen LogP contribution in [0.25, 0.3) is 0 Å². The first-order valence-electron chi connectivity index (χ1n) is 8.63. The number of ether oxygens (including phenoxy) is 1. The topological polar surface area (TPSA) is 61.8 Å². The van der Waals surface area contributed by atoms with Crippen molar-refractivity contribution in [1.29, 1.82) is 0 Å². The molecule has 0 radical (unpaired) electrons. The smallest absolute Gasteiger partial charge is 0.241 e. The average Bonchev–Trinajstić information content (AvgIpc) is 2.66. The van der Waals surface area contributed by atoms with E-state index in [9.17, 15) is 4.79 Å². The number of amides is 1. The Morgan fingerprint density at radius 2 is 1.92 bits per heavy atom. The largest absolute Gasteiger partial charge is 0.491 e. The number of aliphatic hydroxyl groups excluding tert-OH is 1. The van der Waals surface area contributed by atoms with Gasteiger partial charge in [0.05, 0.1) is 12.6 Å². The van der Waals surface area contributed by atoms with E-state index in [-0.39, 0.29) is 25.2 Å². The summed E-state index contributed by atoms with van der Waals surface area (Å²) in [5, 5.41) is 11.7. The van der Waals surface area contributed by atoms with Crippen molar-refractivity contribution in [2.45, 2.75) is 25.9 Å². The number of aliphatic hydroxyl groups is 1. The van der Waals surface area contributed by atoms with Crippen molar-refractivity contribution in [3.8, 4) is 5.75 Å². The molecule has 0 aromatic heterocycles. The fourth-order valence-corrected chi connectivity index (χ4v) is 3.06. The quantitative estimate of drug-likeness (QED) is 0.848. The molecule has 1 atom stereocenters. The second kappa shape index (κ2) is 8.14. The Labute approximate surface area is 148 Å². The average molecular weight is 340 g/mol. The number of anilines is 1. The number of hydrogen-bond acceptors (Lipinski definition) is 4. The van der Waals surface area contributed by atoms with Gasteiger partial charge in [-0.05, 0) is 48.7 Å². The highest BCUT2D eigenvalue weighted by molar-refractivity contribution is 5.94. The molecule has 1 aliphatic rings. The molecule has 2 N–H and O–H groups in total. The van der Waals surface area contributed by atoms with E-state index in [1.54, 1.807) is 12.1 Å². The number of fused-ring (bicyclic) bond motifs is 1. The Morgan fingerprint density at radius 3 is 2.64 bits per heavy atom. The van der Waals surface area contributed by atoms with Crippen LogP contribution in [-0.2, 0) is 17.8 Å². The summed E-state index contributed by atoms with van der Waals surface area (Å²) in [5.74, 6) is 0.663. The zero-order valence-corrected chi connectivity index (χ0v) is 14.4. The summed E-state index contributed by atoms with van der Waals surface area (Å²) in [4.78, 5) is 14.8. The fraction of sp³-hybridized carbons (Fsp3) is 0.350. The monoisotopic (exact) mass is 340 g/mol. The van der Waals surface area contributed by atoms with Gasteiger partial charge < -0.3 is 15.2 Å². The molecule has 1 heterocycles. The SMILES string of the molecule is CC(C(=O)Nc1ccc(OCCO)cc1)N1CCc2ccccc2C1. The fourth-order valence-electron chi connectivity index (χ4n) is 3.06. The van der Waals surface area contributed by atoms with Crippen LogP contribution in [0.4, 0.5) is 5.69 Å². The third-order valence-corrected chi connectivity index (χ3v) is 4.57. The van der Waals surface area contributed by atoms with Crippen molar-refractivity contribution in [2.75, 3.05) is 25.1 Å². The van der Waals surface area contributed by atoms with Crippen LogP contribution >= 0.6 is 0 Å². The molecule has 2 aromatic rings. The maximum absolute atomic E-state index is 12.6. The molecule has 1 aliphatic heterocycles. The summed E-state index contributed by atoms with van der Waals surface area (Å²) in [6.07, 6.45) is 0.977. The standard InChI is InChI=1S/C20H24N2O3/c1-15(22-11-10-16-4-2-3-5-17(16)14-22)20(24)21-18-6-8-19(9-7-18)25-13-12-23/h2-9,15,23H,10-14H2,1H3,(H,21,24). The second-order valence-electron chi connectivity index (χ2n) is 6.25. The highest BCUT2D eigenvalue weighted by atomic mass is 16.5. The lowest BCUT2D eigenvalue weighted by molar-refractivity contribution is -0.121. The lowest BCUT2D eigenvalue weighted by Crippen LogP contribution is -2.44. The van der Waals surface area contributed by atoms with Crippen molar-refractivity contribution in [1.82, 2.24) is 4.90 Å². The highest BCUT2D eigenvalue weighted by Crippen LogP contribution is 2.21. The van der Waals surface area contributed by atoms with Gasteiger partial charge in [0.1, 0.15) is 12.4 Å². The Bertz CT molecular complexity index is 715. The van der Waals surface area contributed by atoms with Crippen LogP contribution in [0.1, 0.15) is 18.1 Å². The summed E-state index contributed by atoms with van der Waals surface area (Å²) >= 11 is 0. The van der Waals surface area contributed by atoms with Gasteiger partial charge in [0.2, 0.25) is 5.91 Å². The predicted molar refractivity (Wildman–Crippen MR) is 97.7 cm³/mol. The van der Waals surface area contributed by atoms with Crippen LogP contribution in [0.15, 0.2) is 48.5 Å². The molecule has 0 saturated heterocycles.